The van der Waals surface area contributed by atoms with Crippen LogP contribution in [0.2, 0.25) is 0 Å². The van der Waals surface area contributed by atoms with Crippen LogP contribution in [0.25, 0.3) is 27.6 Å². The number of para-hydroxylation sites is 3. The molecule has 0 saturated carbocycles. The third-order valence-electron chi connectivity index (χ3n) is 11.0. The van der Waals surface area contributed by atoms with E-state index in [0.29, 0.717) is 0 Å². The smallest absolute Gasteiger partial charge is 0.179 e. The molecule has 0 radical (unpaired) electrons. The normalized spacial score (nSPS) is 13.5. The van der Waals surface area contributed by atoms with Crippen molar-refractivity contribution in [2.45, 2.75) is 52.5 Å². The van der Waals surface area contributed by atoms with E-state index in [1.54, 1.807) is 0 Å². The maximum absolute atomic E-state index is 6.73. The van der Waals surface area contributed by atoms with Crippen LogP contribution in [0.3, 0.4) is 0 Å². The molecule has 6 aromatic carbocycles. The Hall–Kier alpha value is -5.95. The number of pyridine rings is 1. The molecule has 3 heterocycles. The van der Waals surface area contributed by atoms with Gasteiger partial charge in [0, 0.05) is 17.0 Å². The molecule has 6 heteroatoms. The molecule has 2 aromatic heterocycles. The summed E-state index contributed by atoms with van der Waals surface area (Å²) in [4.78, 5) is 11.7. The number of nitrogens with zero attached hydrogens (tertiary/aromatic N) is 4. The molecule has 0 spiro atoms. The van der Waals surface area contributed by atoms with Crippen LogP contribution in [0.1, 0.15) is 47.1 Å². The van der Waals surface area contributed by atoms with E-state index < -0.39 is 8.07 Å². The van der Waals surface area contributed by atoms with E-state index in [1.165, 1.54) is 37.1 Å². The van der Waals surface area contributed by atoms with Crippen LogP contribution < -0.4 is 30.9 Å². The monoisotopic (exact) mass is 734 g/mol. The van der Waals surface area contributed by atoms with Crippen molar-refractivity contribution < 1.29 is 4.94 Å². The van der Waals surface area contributed by atoms with E-state index in [9.17, 15) is 0 Å². The van der Waals surface area contributed by atoms with E-state index in [2.05, 4.69) is 210 Å². The lowest BCUT2D eigenvalue weighted by molar-refractivity contribution is 0.0843. The largest absolute Gasteiger partial charge is 0.294 e. The molecule has 9 rings (SSSR count). The predicted molar refractivity (Wildman–Crippen MR) is 233 cm³/mol. The van der Waals surface area contributed by atoms with Gasteiger partial charge in [0.05, 0.1) is 33.6 Å². The lowest BCUT2D eigenvalue weighted by Gasteiger charge is -2.35. The first kappa shape index (κ1) is 34.8. The lowest BCUT2D eigenvalue weighted by atomic mass is 9.88. The van der Waals surface area contributed by atoms with Crippen LogP contribution >= 0.6 is 0 Å². The van der Waals surface area contributed by atoms with E-state index in [0.717, 1.165) is 33.9 Å². The van der Waals surface area contributed by atoms with Gasteiger partial charge < -0.3 is 0 Å². The highest BCUT2D eigenvalue weighted by atomic mass is 28.3. The Labute approximate surface area is 325 Å². The highest BCUT2D eigenvalue weighted by Gasteiger charge is 2.43. The minimum atomic E-state index is -2.99. The molecule has 0 amide bonds. The van der Waals surface area contributed by atoms with E-state index in [4.69, 9.17) is 9.92 Å². The number of hydroxylamine groups is 1. The zero-order valence-corrected chi connectivity index (χ0v) is 33.4. The van der Waals surface area contributed by atoms with Crippen molar-refractivity contribution in [3.8, 4) is 5.82 Å². The summed E-state index contributed by atoms with van der Waals surface area (Å²) in [6.45, 7) is 13.3. The predicted octanol–water partition coefficient (Wildman–Crippen LogP) is 9.46. The second-order valence-electron chi connectivity index (χ2n) is 16.6. The Kier molecular flexibility index (Phi) is 8.30. The molecular weight excluding hydrogens is 689 g/mol. The average Bonchev–Trinajstić information content (AvgIpc) is 3.76. The second kappa shape index (κ2) is 13.1. The van der Waals surface area contributed by atoms with Crippen molar-refractivity contribution in [1.82, 2.24) is 9.55 Å². The molecule has 0 bridgehead atoms. The van der Waals surface area contributed by atoms with Crippen LogP contribution in [0.15, 0.2) is 170 Å². The van der Waals surface area contributed by atoms with Gasteiger partial charge in [0.1, 0.15) is 5.82 Å². The number of benzene rings is 6. The van der Waals surface area contributed by atoms with Crippen molar-refractivity contribution in [1.29, 1.82) is 0 Å². The van der Waals surface area contributed by atoms with Crippen molar-refractivity contribution in [3.63, 3.8) is 0 Å². The molecule has 1 aliphatic heterocycles. The van der Waals surface area contributed by atoms with Gasteiger partial charge in [-0.1, -0.05) is 136 Å². The summed E-state index contributed by atoms with van der Waals surface area (Å²) in [5.41, 5.74) is 6.35. The maximum Gasteiger partial charge on any atom is 0.179 e. The van der Waals surface area contributed by atoms with Crippen LogP contribution in [0.5, 0.6) is 0 Å². The van der Waals surface area contributed by atoms with Crippen LogP contribution in [0, 0.1) is 0 Å². The fraction of sp³-hybridized carbons (Fsp3) is 0.163. The first-order chi connectivity index (χ1) is 26.5. The molecular formula is C49H46N4OSi. The minimum absolute atomic E-state index is 0.0151. The first-order valence-corrected chi connectivity index (χ1v) is 21.1. The number of aromatic nitrogens is 2. The van der Waals surface area contributed by atoms with E-state index in [1.807, 2.05) is 16.3 Å². The molecule has 0 aliphatic carbocycles. The van der Waals surface area contributed by atoms with Gasteiger partial charge in [-0.3, -0.25) is 4.57 Å². The van der Waals surface area contributed by atoms with Crippen molar-refractivity contribution in [2.75, 3.05) is 10.1 Å². The zero-order valence-electron chi connectivity index (χ0n) is 32.4. The number of hydrogen-bond donors (Lipinski definition) is 0. The Morgan fingerprint density at radius 2 is 1.11 bits per heavy atom. The van der Waals surface area contributed by atoms with Gasteiger partial charge in [0.2, 0.25) is 0 Å². The number of rotatable bonds is 6. The average molecular weight is 735 g/mol. The third kappa shape index (κ3) is 5.76. The summed E-state index contributed by atoms with van der Waals surface area (Å²) in [6, 6.07) is 60.1. The summed E-state index contributed by atoms with van der Waals surface area (Å²) in [5, 5.41) is 11.6. The Morgan fingerprint density at radius 3 is 1.80 bits per heavy atom. The summed E-state index contributed by atoms with van der Waals surface area (Å²) in [7, 11) is -2.99. The number of anilines is 3. The molecule has 55 heavy (non-hydrogen) atoms. The van der Waals surface area contributed by atoms with Crippen molar-refractivity contribution in [3.05, 3.63) is 176 Å². The van der Waals surface area contributed by atoms with Gasteiger partial charge in [-0.05, 0) is 101 Å². The fourth-order valence-corrected chi connectivity index (χ4v) is 13.1. The molecule has 0 saturated heterocycles. The summed E-state index contributed by atoms with van der Waals surface area (Å²) >= 11 is 0. The molecule has 0 fully saturated rings. The topological polar surface area (TPSA) is 33.5 Å². The van der Waals surface area contributed by atoms with Gasteiger partial charge in [-0.25, -0.2) is 10.0 Å². The molecule has 0 N–H and O–H groups in total. The minimum Gasteiger partial charge on any atom is -0.294 e. The Morgan fingerprint density at radius 1 is 0.509 bits per heavy atom. The van der Waals surface area contributed by atoms with Crippen molar-refractivity contribution >= 4 is 67.7 Å². The molecule has 0 atom stereocenters. The van der Waals surface area contributed by atoms with Gasteiger partial charge in [0.15, 0.2) is 8.07 Å². The Bertz CT molecular complexity index is 2630. The quantitative estimate of drug-likeness (QED) is 0.126. The zero-order chi connectivity index (χ0) is 38.0. The van der Waals surface area contributed by atoms with Crippen LogP contribution in [0.4, 0.5) is 17.1 Å². The third-order valence-corrected chi connectivity index (χ3v) is 15.7. The van der Waals surface area contributed by atoms with Crippen LogP contribution in [-0.4, -0.2) is 23.2 Å². The SMILES string of the molecule is CC(C)(C)c1ccnc(-n2c3ccccc3c3ccc([Si](c4ccccc4)(c4ccccc4)c4cccc(N5ON(C(C)(C)C)c6ccccc65)c4)cc32)c1. The van der Waals surface area contributed by atoms with Crippen LogP contribution in [-0.2, 0) is 10.4 Å². The summed E-state index contributed by atoms with van der Waals surface area (Å²) < 4.78 is 2.37. The highest BCUT2D eigenvalue weighted by Crippen LogP contribution is 2.44. The Balaban J connectivity index is 1.33. The first-order valence-electron chi connectivity index (χ1n) is 19.1. The van der Waals surface area contributed by atoms with E-state index in [-0.39, 0.29) is 11.0 Å². The van der Waals surface area contributed by atoms with Crippen molar-refractivity contribution in [2.24, 2.45) is 0 Å². The van der Waals surface area contributed by atoms with E-state index >= 15 is 0 Å². The number of fused-ring (bicyclic) bond motifs is 4. The van der Waals surface area contributed by atoms with Gasteiger partial charge in [-0.2, -0.15) is 5.06 Å². The highest BCUT2D eigenvalue weighted by molar-refractivity contribution is 7.20. The molecule has 5 nitrogen and oxygen atoms in total. The standard InChI is InChI=1S/C49H46N4OSi/c1-48(2,3)35-30-31-50-47(32-35)51-43-25-14-13-24-41(43)42-29-28-40(34-46(42)51)55(37-19-9-7-10-20-37,38-21-11-8-12-22-38)39-23-17-18-36(33-39)52-44-26-15-16-27-45(44)53(54-52)49(4,5)6/h7-34H,1-6H3. The molecule has 1 aliphatic rings. The molecule has 272 valence electrons. The molecule has 0 unspecified atom stereocenters. The summed E-state index contributed by atoms with van der Waals surface area (Å²) in [6.07, 6.45) is 1.96. The fourth-order valence-electron chi connectivity index (χ4n) is 8.35. The van der Waals surface area contributed by atoms with Gasteiger partial charge in [0.25, 0.3) is 0 Å². The van der Waals surface area contributed by atoms with Gasteiger partial charge in [-0.15, -0.1) is 4.94 Å². The summed E-state index contributed by atoms with van der Waals surface area (Å²) in [5.74, 6) is 0.928. The maximum atomic E-state index is 6.73. The van der Waals surface area contributed by atoms with Gasteiger partial charge >= 0.3 is 0 Å². The number of hydrogen-bond acceptors (Lipinski definition) is 4. The molecule has 8 aromatic rings. The lowest BCUT2D eigenvalue weighted by Crippen LogP contribution is -2.74. The second-order valence-corrected chi connectivity index (χ2v) is 20.4.